The van der Waals surface area contributed by atoms with Crippen molar-refractivity contribution in [3.8, 4) is 0 Å². The molecule has 1 N–H and O–H groups in total. The SMILES string of the molecule is Cc1cc(CNC(=O)CSc2nc(C)c(C)c(C)n2)ccc1F. The lowest BCUT2D eigenvalue weighted by Gasteiger charge is -2.08. The molecule has 0 spiro atoms. The van der Waals surface area contributed by atoms with Crippen molar-refractivity contribution in [1.29, 1.82) is 0 Å². The van der Waals surface area contributed by atoms with Gasteiger partial charge in [-0.15, -0.1) is 0 Å². The zero-order valence-electron chi connectivity index (χ0n) is 13.7. The van der Waals surface area contributed by atoms with E-state index in [0.717, 1.165) is 22.5 Å². The van der Waals surface area contributed by atoms with Gasteiger partial charge in [0.05, 0.1) is 5.75 Å². The van der Waals surface area contributed by atoms with Gasteiger partial charge in [0.25, 0.3) is 0 Å². The number of halogens is 1. The number of hydrogen-bond acceptors (Lipinski definition) is 4. The Morgan fingerprint density at radius 1 is 1.17 bits per heavy atom. The summed E-state index contributed by atoms with van der Waals surface area (Å²) >= 11 is 1.31. The predicted octanol–water partition coefficient (Wildman–Crippen LogP) is 3.26. The number of aromatic nitrogens is 2. The molecule has 1 aromatic heterocycles. The van der Waals surface area contributed by atoms with Crippen molar-refractivity contribution in [3.63, 3.8) is 0 Å². The van der Waals surface area contributed by atoms with Crippen LogP contribution in [0, 0.1) is 33.5 Å². The van der Waals surface area contributed by atoms with Crippen LogP contribution >= 0.6 is 11.8 Å². The molecular formula is C17H20FN3OS. The number of nitrogens with zero attached hydrogens (tertiary/aromatic N) is 2. The van der Waals surface area contributed by atoms with Gasteiger partial charge in [-0.2, -0.15) is 0 Å². The van der Waals surface area contributed by atoms with E-state index in [-0.39, 0.29) is 17.5 Å². The number of benzene rings is 1. The van der Waals surface area contributed by atoms with Crippen molar-refractivity contribution in [2.45, 2.75) is 39.4 Å². The highest BCUT2D eigenvalue weighted by molar-refractivity contribution is 7.99. The fourth-order valence-corrected chi connectivity index (χ4v) is 2.77. The molecule has 0 aliphatic carbocycles. The molecule has 0 unspecified atom stereocenters. The highest BCUT2D eigenvalue weighted by Gasteiger charge is 2.08. The monoisotopic (exact) mass is 333 g/mol. The van der Waals surface area contributed by atoms with Crippen LogP contribution in [0.1, 0.15) is 28.1 Å². The average Bonchev–Trinajstić information content (AvgIpc) is 2.51. The van der Waals surface area contributed by atoms with Gasteiger partial charge in [-0.05, 0) is 50.5 Å². The molecule has 1 aromatic carbocycles. The molecule has 1 heterocycles. The Balaban J connectivity index is 1.86. The maximum absolute atomic E-state index is 13.2. The van der Waals surface area contributed by atoms with Crippen molar-refractivity contribution in [3.05, 3.63) is 52.1 Å². The first-order valence-corrected chi connectivity index (χ1v) is 8.31. The van der Waals surface area contributed by atoms with E-state index in [2.05, 4.69) is 15.3 Å². The van der Waals surface area contributed by atoms with Crippen LogP contribution < -0.4 is 5.32 Å². The van der Waals surface area contributed by atoms with Crippen molar-refractivity contribution < 1.29 is 9.18 Å². The molecule has 122 valence electrons. The summed E-state index contributed by atoms with van der Waals surface area (Å²) in [6.07, 6.45) is 0. The standard InChI is InChI=1S/C17H20FN3OS/c1-10-7-14(5-6-15(10)18)8-19-16(22)9-23-17-20-12(3)11(2)13(4)21-17/h5-7H,8-9H2,1-4H3,(H,19,22). The topological polar surface area (TPSA) is 54.9 Å². The quantitative estimate of drug-likeness (QED) is 0.674. The van der Waals surface area contributed by atoms with E-state index in [1.54, 1.807) is 19.1 Å². The summed E-state index contributed by atoms with van der Waals surface area (Å²) in [4.78, 5) is 20.7. The van der Waals surface area contributed by atoms with Crippen LogP contribution in [0.15, 0.2) is 23.4 Å². The summed E-state index contributed by atoms with van der Waals surface area (Å²) in [6, 6.07) is 4.82. The second kappa shape index (κ2) is 7.55. The Hall–Kier alpha value is -1.95. The minimum atomic E-state index is -0.238. The number of aryl methyl sites for hydroxylation is 3. The summed E-state index contributed by atoms with van der Waals surface area (Å²) in [5, 5.41) is 3.43. The second-order valence-corrected chi connectivity index (χ2v) is 6.39. The number of thioether (sulfide) groups is 1. The molecule has 0 saturated carbocycles. The second-order valence-electron chi connectivity index (χ2n) is 5.45. The molecule has 0 fully saturated rings. The smallest absolute Gasteiger partial charge is 0.230 e. The van der Waals surface area contributed by atoms with Crippen molar-refractivity contribution >= 4 is 17.7 Å². The van der Waals surface area contributed by atoms with Gasteiger partial charge in [0.1, 0.15) is 5.82 Å². The Labute approximate surface area is 139 Å². The minimum absolute atomic E-state index is 0.101. The Morgan fingerprint density at radius 2 is 1.83 bits per heavy atom. The number of rotatable bonds is 5. The van der Waals surface area contributed by atoms with Gasteiger partial charge in [-0.3, -0.25) is 4.79 Å². The minimum Gasteiger partial charge on any atom is -0.351 e. The molecule has 23 heavy (non-hydrogen) atoms. The molecule has 6 heteroatoms. The highest BCUT2D eigenvalue weighted by Crippen LogP contribution is 2.17. The molecule has 2 rings (SSSR count). The van der Waals surface area contributed by atoms with Gasteiger partial charge in [0, 0.05) is 17.9 Å². The Bertz CT molecular complexity index is 711. The molecule has 0 radical (unpaired) electrons. The van der Waals surface area contributed by atoms with Gasteiger partial charge in [-0.25, -0.2) is 14.4 Å². The lowest BCUT2D eigenvalue weighted by atomic mass is 10.1. The van der Waals surface area contributed by atoms with Crippen LogP contribution in [0.5, 0.6) is 0 Å². The third-order valence-electron chi connectivity index (χ3n) is 3.66. The molecule has 2 aromatic rings. The first-order chi connectivity index (χ1) is 10.9. The number of carbonyl (C=O) groups is 1. The van der Waals surface area contributed by atoms with Gasteiger partial charge >= 0.3 is 0 Å². The average molecular weight is 333 g/mol. The van der Waals surface area contributed by atoms with E-state index < -0.39 is 0 Å². The summed E-state index contributed by atoms with van der Waals surface area (Å²) in [7, 11) is 0. The van der Waals surface area contributed by atoms with E-state index >= 15 is 0 Å². The molecule has 0 aliphatic heterocycles. The number of hydrogen-bond donors (Lipinski definition) is 1. The van der Waals surface area contributed by atoms with E-state index in [0.29, 0.717) is 17.3 Å². The van der Waals surface area contributed by atoms with Crippen LogP contribution in [-0.4, -0.2) is 21.6 Å². The lowest BCUT2D eigenvalue weighted by Crippen LogP contribution is -2.24. The van der Waals surface area contributed by atoms with E-state index in [1.807, 2.05) is 20.8 Å². The zero-order valence-corrected chi connectivity index (χ0v) is 14.6. The third kappa shape index (κ3) is 4.76. The molecule has 0 aliphatic rings. The van der Waals surface area contributed by atoms with Crippen LogP contribution in [0.2, 0.25) is 0 Å². The van der Waals surface area contributed by atoms with Crippen molar-refractivity contribution in [2.24, 2.45) is 0 Å². The molecule has 0 saturated heterocycles. The van der Waals surface area contributed by atoms with Crippen molar-refractivity contribution in [2.75, 3.05) is 5.75 Å². The maximum Gasteiger partial charge on any atom is 0.230 e. The Kier molecular flexibility index (Phi) is 5.71. The first kappa shape index (κ1) is 17.4. The Morgan fingerprint density at radius 3 is 2.43 bits per heavy atom. The molecule has 4 nitrogen and oxygen atoms in total. The lowest BCUT2D eigenvalue weighted by molar-refractivity contribution is -0.118. The summed E-state index contributed by atoms with van der Waals surface area (Å²) < 4.78 is 13.2. The highest BCUT2D eigenvalue weighted by atomic mass is 32.2. The fraction of sp³-hybridized carbons (Fsp3) is 0.353. The summed E-state index contributed by atoms with van der Waals surface area (Å²) in [6.45, 7) is 7.94. The zero-order chi connectivity index (χ0) is 17.0. The van der Waals surface area contributed by atoms with Gasteiger partial charge in [-0.1, -0.05) is 23.9 Å². The van der Waals surface area contributed by atoms with Crippen LogP contribution in [-0.2, 0) is 11.3 Å². The first-order valence-electron chi connectivity index (χ1n) is 7.33. The van der Waals surface area contributed by atoms with Crippen LogP contribution in [0.3, 0.4) is 0 Å². The predicted molar refractivity (Wildman–Crippen MR) is 90.0 cm³/mol. The number of carbonyl (C=O) groups excluding carboxylic acids is 1. The molecule has 1 amide bonds. The van der Waals surface area contributed by atoms with E-state index in [9.17, 15) is 9.18 Å². The van der Waals surface area contributed by atoms with Gasteiger partial charge in [0.15, 0.2) is 5.16 Å². The van der Waals surface area contributed by atoms with Crippen LogP contribution in [0.4, 0.5) is 4.39 Å². The fourth-order valence-electron chi connectivity index (χ4n) is 2.00. The molecule has 0 bridgehead atoms. The van der Waals surface area contributed by atoms with Gasteiger partial charge in [0.2, 0.25) is 5.91 Å². The molecule has 0 atom stereocenters. The van der Waals surface area contributed by atoms with Crippen molar-refractivity contribution in [1.82, 2.24) is 15.3 Å². The normalized spacial score (nSPS) is 10.7. The largest absolute Gasteiger partial charge is 0.351 e. The van der Waals surface area contributed by atoms with E-state index in [4.69, 9.17) is 0 Å². The summed E-state index contributed by atoms with van der Waals surface area (Å²) in [5.74, 6) is -0.0865. The molecular weight excluding hydrogens is 313 g/mol. The number of nitrogens with one attached hydrogen (secondary N) is 1. The maximum atomic E-state index is 13.2. The summed E-state index contributed by atoms with van der Waals surface area (Å²) in [5.41, 5.74) is 4.39. The third-order valence-corrected chi connectivity index (χ3v) is 4.50. The van der Waals surface area contributed by atoms with E-state index in [1.165, 1.54) is 17.8 Å². The van der Waals surface area contributed by atoms with Crippen LogP contribution in [0.25, 0.3) is 0 Å². The van der Waals surface area contributed by atoms with Gasteiger partial charge < -0.3 is 5.32 Å². The number of amides is 1.